The molecule has 0 rings (SSSR count). The first-order valence-corrected chi connectivity index (χ1v) is 0. The van der Waals surface area contributed by atoms with Crippen molar-refractivity contribution >= 4 is 0 Å². The number of hydrogen-bond acceptors (Lipinski definition) is 0. The molecule has 0 spiro atoms. The molecule has 28 valence electrons. The Hall–Kier alpha value is 2.68. The van der Waals surface area contributed by atoms with Crippen LogP contribution in [0.2, 0.25) is 0 Å². The molecule has 2 heteroatoms. The average molecular weight is 331 g/mol. The molecule has 0 unspecified atom stereocenters. The van der Waals surface area contributed by atoms with Crippen molar-refractivity contribution in [3.63, 3.8) is 0 Å². The van der Waals surface area contributed by atoms with Crippen LogP contribution in [0, 0.1) is 95.6 Å². The van der Waals surface area contributed by atoms with Gasteiger partial charge in [0.25, 0.3) is 0 Å². The van der Waals surface area contributed by atoms with Crippen molar-refractivity contribution in [1.82, 2.24) is 0 Å². The van der Waals surface area contributed by atoms with E-state index in [9.17, 15) is 0 Å². The van der Waals surface area contributed by atoms with Crippen LogP contribution in [0.3, 0.4) is 0 Å². The molecule has 0 aromatic rings. The van der Waals surface area contributed by atoms with E-state index >= 15 is 0 Å². The first kappa shape index (κ1) is 30.0. The van der Waals surface area contributed by atoms with E-state index in [0.717, 1.165) is 0 Å². The normalized spacial score (nSPS) is 0. The maximum absolute atomic E-state index is 0. The van der Waals surface area contributed by atoms with Gasteiger partial charge in [-0.2, -0.15) is 0 Å². The van der Waals surface area contributed by atoms with Gasteiger partial charge in [0.2, 0.25) is 0 Å². The molecule has 0 aliphatic heterocycles. The van der Waals surface area contributed by atoms with Gasteiger partial charge in [-0.3, -0.25) is 0 Å². The number of rotatable bonds is 0. The van der Waals surface area contributed by atoms with Gasteiger partial charge in [-0.15, -0.1) is 0 Å². The largest absolute Gasteiger partial charge is 0.358 e. The van der Waals surface area contributed by atoms with E-state index in [-0.39, 0.29) is 95.6 Å². The first-order valence-electron chi connectivity index (χ1n) is 0. The molecule has 0 aliphatic carbocycles. The van der Waals surface area contributed by atoms with E-state index in [4.69, 9.17) is 0 Å². The third-order valence-corrected chi connectivity index (χ3v) is 0. The van der Waals surface area contributed by atoms with E-state index in [1.165, 1.54) is 0 Å². The van der Waals surface area contributed by atoms with Crippen LogP contribution in [-0.2, 0) is 0 Å². The van der Waals surface area contributed by atoms with Gasteiger partial charge in [-0.05, 0) is 0 Å². The van der Waals surface area contributed by atoms with Crippen molar-refractivity contribution in [2.24, 2.45) is 0 Å². The molecule has 0 saturated carbocycles. The maximum atomic E-state index is 0. The molecule has 0 saturated heterocycles. The van der Waals surface area contributed by atoms with E-state index < -0.39 is 0 Å². The van der Waals surface area contributed by atoms with Crippen molar-refractivity contribution in [3.05, 3.63) is 14.9 Å². The van der Waals surface area contributed by atoms with Crippen LogP contribution in [0.5, 0.6) is 0 Å². The van der Waals surface area contributed by atoms with E-state index in [0.29, 0.717) is 0 Å². The molecule has 0 atom stereocenters. The van der Waals surface area contributed by atoms with Crippen LogP contribution in [0.25, 0.3) is 0 Å². The Balaban J connectivity index is 0. The van der Waals surface area contributed by atoms with Gasteiger partial charge in [-0.1, -0.05) is 0 Å². The first-order chi connectivity index (χ1) is 0. The van der Waals surface area contributed by atoms with Crippen molar-refractivity contribution < 1.29 is 80.8 Å². The zero-order valence-corrected chi connectivity index (χ0v) is 8.06. The Labute approximate surface area is 93.3 Å². The zero-order valence-electron chi connectivity index (χ0n) is 2.82. The summed E-state index contributed by atoms with van der Waals surface area (Å²) in [6, 6.07) is 0. The van der Waals surface area contributed by atoms with Gasteiger partial charge in [-0.25, -0.2) is 0 Å². The SMILES string of the molecule is [CH3-].[CH3-].[Sm].[Sm]. The van der Waals surface area contributed by atoms with Gasteiger partial charge in [0.05, 0.1) is 0 Å². The van der Waals surface area contributed by atoms with Gasteiger partial charge in [0.15, 0.2) is 0 Å². The molecule has 0 aromatic carbocycles. The Morgan fingerprint density at radius 1 is 0.500 bits per heavy atom. The summed E-state index contributed by atoms with van der Waals surface area (Å²) in [5.74, 6) is 0. The molecule has 0 aromatic heterocycles. The van der Waals surface area contributed by atoms with Gasteiger partial charge < -0.3 is 14.9 Å². The second-order valence-corrected chi connectivity index (χ2v) is 0. The van der Waals surface area contributed by atoms with Crippen LogP contribution in [0.4, 0.5) is 0 Å². The monoisotopic (exact) mass is 334 g/mol. The summed E-state index contributed by atoms with van der Waals surface area (Å²) in [4.78, 5) is 0. The predicted octanol–water partition coefficient (Wildman–Crippen LogP) is 0.901. The van der Waals surface area contributed by atoms with Crippen LogP contribution in [0.1, 0.15) is 0 Å². The molecule has 0 heterocycles. The topological polar surface area (TPSA) is 0 Å². The quantitative estimate of drug-likeness (QED) is 0.579. The second kappa shape index (κ2) is 17.3. The molecule has 0 aliphatic rings. The Morgan fingerprint density at radius 2 is 0.500 bits per heavy atom. The van der Waals surface area contributed by atoms with Crippen molar-refractivity contribution in [1.29, 1.82) is 0 Å². The fourth-order valence-electron chi connectivity index (χ4n) is 0. The van der Waals surface area contributed by atoms with E-state index in [1.807, 2.05) is 0 Å². The van der Waals surface area contributed by atoms with Crippen molar-refractivity contribution in [3.8, 4) is 0 Å². The number of hydrogen-bond donors (Lipinski definition) is 0. The molecule has 0 bridgehead atoms. The minimum absolute atomic E-state index is 0. The molecule has 0 nitrogen and oxygen atoms in total. The van der Waals surface area contributed by atoms with E-state index in [1.54, 1.807) is 0 Å². The smallest absolute Gasteiger partial charge is 0 e. The minimum atomic E-state index is 0. The summed E-state index contributed by atoms with van der Waals surface area (Å²) in [5.41, 5.74) is 0. The van der Waals surface area contributed by atoms with Gasteiger partial charge in [0, 0.05) is 80.8 Å². The molecular weight excluding hydrogens is 325 g/mol. The van der Waals surface area contributed by atoms with Crippen molar-refractivity contribution in [2.45, 2.75) is 0 Å². The average Bonchev–Trinajstić information content (AvgIpc) is 0. The molecular formula is C2H6Sm2-2. The summed E-state index contributed by atoms with van der Waals surface area (Å²) in [7, 11) is 0. The third-order valence-electron chi connectivity index (χ3n) is 0. The zero-order chi connectivity index (χ0) is 0. The maximum Gasteiger partial charge on any atom is 0 e. The van der Waals surface area contributed by atoms with Gasteiger partial charge >= 0.3 is 0 Å². The van der Waals surface area contributed by atoms with Gasteiger partial charge in [0.1, 0.15) is 0 Å². The van der Waals surface area contributed by atoms with Crippen LogP contribution in [0.15, 0.2) is 0 Å². The Bertz CT molecular complexity index is 4.00. The van der Waals surface area contributed by atoms with Crippen molar-refractivity contribution in [2.75, 3.05) is 0 Å². The third kappa shape index (κ3) is 8.82. The fraction of sp³-hybridized carbons (Fsp3) is 0. The standard InChI is InChI=1S/2CH3.2Sm/h2*1H3;;/q2*-1;;. The predicted molar refractivity (Wildman–Crippen MR) is 12.8 cm³/mol. The van der Waals surface area contributed by atoms with Crippen LogP contribution < -0.4 is 0 Å². The molecule has 4 heavy (non-hydrogen) atoms. The minimum Gasteiger partial charge on any atom is -0.358 e. The molecule has 0 fully saturated rings. The molecule has 0 N–H and O–H groups in total. The fourth-order valence-corrected chi connectivity index (χ4v) is 0. The summed E-state index contributed by atoms with van der Waals surface area (Å²) in [6.45, 7) is 0. The van der Waals surface area contributed by atoms with Crippen LogP contribution >= 0.6 is 0 Å². The Kier molecular flexibility index (Phi) is 130. The summed E-state index contributed by atoms with van der Waals surface area (Å²) in [6.07, 6.45) is 0. The van der Waals surface area contributed by atoms with E-state index in [2.05, 4.69) is 0 Å². The summed E-state index contributed by atoms with van der Waals surface area (Å²) < 4.78 is 0. The second-order valence-electron chi connectivity index (χ2n) is 0. The summed E-state index contributed by atoms with van der Waals surface area (Å²) in [5, 5.41) is 0. The van der Waals surface area contributed by atoms with Crippen LogP contribution in [-0.4, -0.2) is 0 Å². The summed E-state index contributed by atoms with van der Waals surface area (Å²) >= 11 is 0. The molecule has 0 radical (unpaired) electrons. The molecule has 0 amide bonds. The Morgan fingerprint density at radius 3 is 0.500 bits per heavy atom.